The van der Waals surface area contributed by atoms with Gasteiger partial charge in [-0.15, -0.1) is 0 Å². The van der Waals surface area contributed by atoms with Crippen LogP contribution in [-0.4, -0.2) is 39.4 Å². The van der Waals surface area contributed by atoms with Crippen molar-refractivity contribution in [2.75, 3.05) is 13.1 Å². The maximum absolute atomic E-state index is 13.1. The molecule has 4 rings (SSSR count). The summed E-state index contributed by atoms with van der Waals surface area (Å²) in [6, 6.07) is 9.96. The smallest absolute Gasteiger partial charge is 0.348 e. The van der Waals surface area contributed by atoms with Gasteiger partial charge in [0.1, 0.15) is 0 Å². The van der Waals surface area contributed by atoms with Crippen LogP contribution in [-0.2, 0) is 19.3 Å². The average Bonchev–Trinajstić information content (AvgIpc) is 3.10. The molecule has 0 unspecified atom stereocenters. The summed E-state index contributed by atoms with van der Waals surface area (Å²) >= 11 is 0. The summed E-state index contributed by atoms with van der Waals surface area (Å²) < 4.78 is 41.2. The molecule has 9 heteroatoms. The molecule has 0 radical (unpaired) electrons. The number of nitrogens with zero attached hydrogens (tertiary/aromatic N) is 3. The highest BCUT2D eigenvalue weighted by Crippen LogP contribution is 2.31. The fourth-order valence-corrected chi connectivity index (χ4v) is 3.65. The Morgan fingerprint density at radius 3 is 2.67 bits per heavy atom. The van der Waals surface area contributed by atoms with Crippen LogP contribution in [0, 0.1) is 0 Å². The lowest BCUT2D eigenvalue weighted by molar-refractivity contribution is -0.138. The Hall–Kier alpha value is -3.36. The molecule has 3 aromatic rings. The number of carbonyl (C=O) groups is 2. The molecule has 0 bridgehead atoms. The van der Waals surface area contributed by atoms with Crippen molar-refractivity contribution in [3.05, 3.63) is 65.0 Å². The summed E-state index contributed by atoms with van der Waals surface area (Å²) in [6.07, 6.45) is -4.49. The van der Waals surface area contributed by atoms with E-state index >= 15 is 0 Å². The molecule has 0 aliphatic carbocycles. The first-order valence-electron chi connectivity index (χ1n) is 9.52. The minimum atomic E-state index is -4.49. The van der Waals surface area contributed by atoms with Gasteiger partial charge in [-0.1, -0.05) is 18.2 Å². The molecule has 1 aliphatic rings. The van der Waals surface area contributed by atoms with Gasteiger partial charge in [0.2, 0.25) is 0 Å². The van der Waals surface area contributed by atoms with Gasteiger partial charge in [0.05, 0.1) is 16.6 Å². The van der Waals surface area contributed by atoms with Crippen molar-refractivity contribution in [3.8, 4) is 0 Å². The Morgan fingerprint density at radius 2 is 1.93 bits per heavy atom. The summed E-state index contributed by atoms with van der Waals surface area (Å²) in [5, 5.41) is 2.53. The first kappa shape index (κ1) is 19.9. The van der Waals surface area contributed by atoms with Crippen molar-refractivity contribution in [1.29, 1.82) is 0 Å². The van der Waals surface area contributed by atoms with Crippen LogP contribution in [0.4, 0.5) is 13.2 Å². The zero-order chi connectivity index (χ0) is 21.5. The van der Waals surface area contributed by atoms with Crippen LogP contribution >= 0.6 is 0 Å². The third-order valence-corrected chi connectivity index (χ3v) is 5.23. The number of halogens is 3. The van der Waals surface area contributed by atoms with Crippen LogP contribution < -0.4 is 5.32 Å². The van der Waals surface area contributed by atoms with Crippen LogP contribution in [0.25, 0.3) is 11.0 Å². The average molecular weight is 416 g/mol. The lowest BCUT2D eigenvalue weighted by Gasteiger charge is -2.26. The number of hydrogen-bond donors (Lipinski definition) is 1. The number of rotatable bonds is 4. The fraction of sp³-hybridized carbons (Fsp3) is 0.286. The van der Waals surface area contributed by atoms with Crippen LogP contribution in [0.2, 0.25) is 0 Å². The van der Waals surface area contributed by atoms with Gasteiger partial charge in [-0.05, 0) is 36.8 Å². The van der Waals surface area contributed by atoms with E-state index in [2.05, 4.69) is 10.3 Å². The number of benzene rings is 2. The van der Waals surface area contributed by atoms with E-state index in [0.717, 1.165) is 11.6 Å². The molecule has 0 atom stereocenters. The number of alkyl halides is 3. The van der Waals surface area contributed by atoms with E-state index in [0.29, 0.717) is 31.0 Å². The Bertz CT molecular complexity index is 1140. The molecule has 6 nitrogen and oxygen atoms in total. The molecule has 2 aromatic carbocycles. The summed E-state index contributed by atoms with van der Waals surface area (Å²) in [6.45, 7) is 3.45. The highest BCUT2D eigenvalue weighted by atomic mass is 19.4. The normalized spacial score (nSPS) is 14.1. The molecule has 30 heavy (non-hydrogen) atoms. The first-order valence-corrected chi connectivity index (χ1v) is 9.52. The quantitative estimate of drug-likeness (QED) is 0.708. The molecular weight excluding hydrogens is 397 g/mol. The predicted molar refractivity (Wildman–Crippen MR) is 104 cm³/mol. The van der Waals surface area contributed by atoms with Gasteiger partial charge in [-0.2, -0.15) is 13.2 Å². The standard InChI is InChI=1S/C21H19F3N4O2/c1-2-27-9-10-28-17-8-7-13(11-16(17)26-18(28)20(27)30)19(29)25-12-14-5-3-4-6-15(14)21(22,23)24/h3-8,11H,2,9-10,12H2,1H3,(H,25,29). The van der Waals surface area contributed by atoms with Gasteiger partial charge >= 0.3 is 6.18 Å². The number of likely N-dealkylation sites (N-methyl/N-ethyl adjacent to an activating group) is 1. The predicted octanol–water partition coefficient (Wildman–Crippen LogP) is 3.46. The zero-order valence-electron chi connectivity index (χ0n) is 16.2. The molecule has 0 spiro atoms. The SMILES string of the molecule is CCN1CCn2c(nc3cc(C(=O)NCc4ccccc4C(F)(F)F)ccc32)C1=O. The number of carbonyl (C=O) groups excluding carboxylic acids is 2. The second-order valence-corrected chi connectivity index (χ2v) is 7.01. The summed E-state index contributed by atoms with van der Waals surface area (Å²) in [7, 11) is 0. The molecule has 2 amide bonds. The van der Waals surface area contributed by atoms with Gasteiger partial charge in [0, 0.05) is 31.7 Å². The van der Waals surface area contributed by atoms with Crippen LogP contribution in [0.15, 0.2) is 42.5 Å². The van der Waals surface area contributed by atoms with Crippen molar-refractivity contribution in [1.82, 2.24) is 19.8 Å². The van der Waals surface area contributed by atoms with E-state index < -0.39 is 17.6 Å². The fourth-order valence-electron chi connectivity index (χ4n) is 3.65. The maximum atomic E-state index is 13.1. The Kier molecular flexibility index (Phi) is 4.97. The van der Waals surface area contributed by atoms with E-state index in [9.17, 15) is 22.8 Å². The molecule has 0 saturated carbocycles. The third-order valence-electron chi connectivity index (χ3n) is 5.23. The summed E-state index contributed by atoms with van der Waals surface area (Å²) in [5.74, 6) is -0.342. The van der Waals surface area contributed by atoms with Crippen molar-refractivity contribution in [2.45, 2.75) is 26.2 Å². The number of hydrogen-bond acceptors (Lipinski definition) is 3. The van der Waals surface area contributed by atoms with E-state index in [1.165, 1.54) is 18.2 Å². The zero-order valence-corrected chi connectivity index (χ0v) is 16.2. The minimum Gasteiger partial charge on any atom is -0.348 e. The first-order chi connectivity index (χ1) is 14.3. The Labute approximate surface area is 170 Å². The van der Waals surface area contributed by atoms with Crippen LogP contribution in [0.5, 0.6) is 0 Å². The molecule has 156 valence electrons. The third kappa shape index (κ3) is 3.51. The van der Waals surface area contributed by atoms with E-state index in [4.69, 9.17) is 0 Å². The second-order valence-electron chi connectivity index (χ2n) is 7.01. The Morgan fingerprint density at radius 1 is 1.17 bits per heavy atom. The lowest BCUT2D eigenvalue weighted by Crippen LogP contribution is -2.40. The number of aromatic nitrogens is 2. The molecule has 0 saturated heterocycles. The second kappa shape index (κ2) is 7.47. The monoisotopic (exact) mass is 416 g/mol. The van der Waals surface area contributed by atoms with Crippen LogP contribution in [0.1, 0.15) is 39.0 Å². The van der Waals surface area contributed by atoms with Gasteiger partial charge in [-0.3, -0.25) is 9.59 Å². The van der Waals surface area contributed by atoms with Crippen molar-refractivity contribution < 1.29 is 22.8 Å². The molecule has 2 heterocycles. The molecule has 1 aliphatic heterocycles. The number of fused-ring (bicyclic) bond motifs is 3. The Balaban J connectivity index is 1.56. The summed E-state index contributed by atoms with van der Waals surface area (Å²) in [4.78, 5) is 31.1. The molecular formula is C21H19F3N4O2. The number of amides is 2. The van der Waals surface area contributed by atoms with Crippen molar-refractivity contribution in [2.24, 2.45) is 0 Å². The van der Waals surface area contributed by atoms with Gasteiger partial charge in [-0.25, -0.2) is 4.98 Å². The number of imidazole rings is 1. The van der Waals surface area contributed by atoms with Gasteiger partial charge in [0.15, 0.2) is 5.82 Å². The largest absolute Gasteiger partial charge is 0.416 e. The van der Waals surface area contributed by atoms with E-state index in [1.54, 1.807) is 23.1 Å². The lowest BCUT2D eigenvalue weighted by atomic mass is 10.1. The summed E-state index contributed by atoms with van der Waals surface area (Å²) in [5.41, 5.74) is 0.721. The van der Waals surface area contributed by atoms with Crippen LogP contribution in [0.3, 0.4) is 0 Å². The number of nitrogens with one attached hydrogen (secondary N) is 1. The molecule has 1 N–H and O–H groups in total. The highest BCUT2D eigenvalue weighted by Gasteiger charge is 2.33. The molecule has 0 fully saturated rings. The van der Waals surface area contributed by atoms with Gasteiger partial charge < -0.3 is 14.8 Å². The topological polar surface area (TPSA) is 67.2 Å². The minimum absolute atomic E-state index is 0.0119. The maximum Gasteiger partial charge on any atom is 0.416 e. The van der Waals surface area contributed by atoms with Crippen molar-refractivity contribution in [3.63, 3.8) is 0 Å². The van der Waals surface area contributed by atoms with Gasteiger partial charge in [0.25, 0.3) is 11.8 Å². The highest BCUT2D eigenvalue weighted by molar-refractivity contribution is 6.00. The molecule has 1 aromatic heterocycles. The van der Waals surface area contributed by atoms with E-state index in [1.807, 2.05) is 11.5 Å². The van der Waals surface area contributed by atoms with E-state index in [-0.39, 0.29) is 23.6 Å². The van der Waals surface area contributed by atoms with Crippen molar-refractivity contribution >= 4 is 22.8 Å².